The van der Waals surface area contributed by atoms with Crippen LogP contribution in [0.2, 0.25) is 0 Å². The Morgan fingerprint density at radius 3 is 2.89 bits per heavy atom. The molecule has 2 amide bonds. The Morgan fingerprint density at radius 1 is 1.28 bits per heavy atom. The normalized spacial score (nSPS) is 31.9. The zero-order valence-electron chi connectivity index (χ0n) is 10.7. The van der Waals surface area contributed by atoms with Crippen LogP contribution in [0.15, 0.2) is 0 Å². The number of likely N-dealkylation sites (tertiary alicyclic amines) is 1. The first-order valence-electron chi connectivity index (χ1n) is 7.05. The topological polar surface area (TPSA) is 52.7 Å². The summed E-state index contributed by atoms with van der Waals surface area (Å²) < 4.78 is 0. The molecule has 0 spiro atoms. The van der Waals surface area contributed by atoms with Gasteiger partial charge in [0.2, 0.25) is 11.8 Å². The first-order chi connectivity index (χ1) is 8.75. The highest BCUT2D eigenvalue weighted by molar-refractivity contribution is 5.86. The summed E-state index contributed by atoms with van der Waals surface area (Å²) in [7, 11) is 0. The molecule has 3 rings (SSSR count). The van der Waals surface area contributed by atoms with Gasteiger partial charge in [-0.25, -0.2) is 0 Å². The largest absolute Gasteiger partial charge is 0.334 e. The predicted molar refractivity (Wildman–Crippen MR) is 67.0 cm³/mol. The van der Waals surface area contributed by atoms with Crippen molar-refractivity contribution in [2.45, 2.75) is 44.2 Å². The first-order valence-corrected chi connectivity index (χ1v) is 7.05. The summed E-state index contributed by atoms with van der Waals surface area (Å²) >= 11 is 0. The Labute approximate surface area is 107 Å². The number of hydrogen-bond acceptors (Lipinski definition) is 3. The van der Waals surface area contributed by atoms with E-state index in [9.17, 15) is 9.59 Å². The fraction of sp³-hybridized carbons (Fsp3) is 0.846. The maximum Gasteiger partial charge on any atom is 0.242 e. The Hall–Kier alpha value is -1.10. The molecule has 2 bridgehead atoms. The van der Waals surface area contributed by atoms with Crippen molar-refractivity contribution in [3.63, 3.8) is 0 Å². The van der Waals surface area contributed by atoms with Crippen molar-refractivity contribution in [1.82, 2.24) is 15.1 Å². The molecular formula is C13H21N3O2. The van der Waals surface area contributed by atoms with E-state index in [-0.39, 0.29) is 11.8 Å². The van der Waals surface area contributed by atoms with E-state index in [1.807, 2.05) is 0 Å². The smallest absolute Gasteiger partial charge is 0.242 e. The Morgan fingerprint density at radius 2 is 2.11 bits per heavy atom. The molecule has 0 aromatic heterocycles. The van der Waals surface area contributed by atoms with Gasteiger partial charge in [-0.1, -0.05) is 0 Å². The molecule has 0 radical (unpaired) electrons. The summed E-state index contributed by atoms with van der Waals surface area (Å²) in [6.45, 7) is 2.97. The highest BCUT2D eigenvalue weighted by Gasteiger charge is 2.38. The van der Waals surface area contributed by atoms with Crippen LogP contribution in [-0.2, 0) is 9.59 Å². The van der Waals surface area contributed by atoms with E-state index < -0.39 is 0 Å². The predicted octanol–water partition coefficient (Wildman–Crippen LogP) is -0.0383. The van der Waals surface area contributed by atoms with Gasteiger partial charge < -0.3 is 15.1 Å². The van der Waals surface area contributed by atoms with Gasteiger partial charge in [0.05, 0.1) is 6.54 Å². The van der Waals surface area contributed by atoms with Crippen molar-refractivity contribution < 1.29 is 9.59 Å². The van der Waals surface area contributed by atoms with Crippen molar-refractivity contribution in [2.24, 2.45) is 0 Å². The van der Waals surface area contributed by atoms with Gasteiger partial charge in [-0.05, 0) is 32.2 Å². The third-order valence-electron chi connectivity index (χ3n) is 4.44. The van der Waals surface area contributed by atoms with Gasteiger partial charge in [-0.3, -0.25) is 9.59 Å². The molecule has 1 N–H and O–H groups in total. The van der Waals surface area contributed by atoms with Gasteiger partial charge in [0.25, 0.3) is 0 Å². The Balaban J connectivity index is 1.66. The molecule has 2 unspecified atom stereocenters. The third-order valence-corrected chi connectivity index (χ3v) is 4.44. The Kier molecular flexibility index (Phi) is 3.24. The van der Waals surface area contributed by atoms with Crippen LogP contribution in [-0.4, -0.2) is 59.9 Å². The molecule has 0 aromatic rings. The lowest BCUT2D eigenvalue weighted by atomic mass is 10.1. The molecule has 18 heavy (non-hydrogen) atoms. The highest BCUT2D eigenvalue weighted by atomic mass is 16.2. The van der Waals surface area contributed by atoms with Crippen LogP contribution in [0.4, 0.5) is 0 Å². The van der Waals surface area contributed by atoms with Gasteiger partial charge in [-0.15, -0.1) is 0 Å². The standard InChI is InChI=1S/C13H21N3O2/c17-12-2-1-7-15(12)9-13(18)16-10-3-4-11(16)8-14-6-5-10/h10-11,14H,1-9H2. The molecule has 3 heterocycles. The quantitative estimate of drug-likeness (QED) is 0.749. The Bertz CT molecular complexity index is 344. The second-order valence-electron chi connectivity index (χ2n) is 5.60. The van der Waals surface area contributed by atoms with Crippen LogP contribution < -0.4 is 5.32 Å². The lowest BCUT2D eigenvalue weighted by molar-refractivity contribution is -0.140. The monoisotopic (exact) mass is 251 g/mol. The van der Waals surface area contributed by atoms with Crippen molar-refractivity contribution >= 4 is 11.8 Å². The average Bonchev–Trinajstić information content (AvgIpc) is 2.82. The van der Waals surface area contributed by atoms with Crippen molar-refractivity contribution in [3.05, 3.63) is 0 Å². The first kappa shape index (κ1) is 12.0. The van der Waals surface area contributed by atoms with Crippen molar-refractivity contribution in [2.75, 3.05) is 26.2 Å². The van der Waals surface area contributed by atoms with Crippen LogP contribution in [0.25, 0.3) is 0 Å². The summed E-state index contributed by atoms with van der Waals surface area (Å²) in [4.78, 5) is 27.8. The summed E-state index contributed by atoms with van der Waals surface area (Å²) in [5.41, 5.74) is 0. The van der Waals surface area contributed by atoms with E-state index in [1.165, 1.54) is 0 Å². The number of hydrogen-bond donors (Lipinski definition) is 1. The molecule has 0 saturated carbocycles. The fourth-order valence-electron chi connectivity index (χ4n) is 3.51. The van der Waals surface area contributed by atoms with E-state index in [1.54, 1.807) is 4.90 Å². The average molecular weight is 251 g/mol. The van der Waals surface area contributed by atoms with Crippen LogP contribution in [0.1, 0.15) is 32.1 Å². The number of nitrogens with one attached hydrogen (secondary N) is 1. The molecule has 5 nitrogen and oxygen atoms in total. The zero-order valence-corrected chi connectivity index (χ0v) is 10.7. The summed E-state index contributed by atoms with van der Waals surface area (Å²) in [5, 5.41) is 3.39. The number of nitrogens with zero attached hydrogens (tertiary/aromatic N) is 2. The minimum Gasteiger partial charge on any atom is -0.334 e. The number of fused-ring (bicyclic) bond motifs is 2. The van der Waals surface area contributed by atoms with Crippen molar-refractivity contribution in [3.8, 4) is 0 Å². The van der Waals surface area contributed by atoms with Gasteiger partial charge in [-0.2, -0.15) is 0 Å². The van der Waals surface area contributed by atoms with E-state index in [0.717, 1.165) is 45.3 Å². The number of carbonyl (C=O) groups is 2. The van der Waals surface area contributed by atoms with Crippen molar-refractivity contribution in [1.29, 1.82) is 0 Å². The zero-order chi connectivity index (χ0) is 12.5. The lowest BCUT2D eigenvalue weighted by Gasteiger charge is -2.29. The molecule has 5 heteroatoms. The van der Waals surface area contributed by atoms with Crippen LogP contribution in [0.3, 0.4) is 0 Å². The number of carbonyl (C=O) groups excluding carboxylic acids is 2. The summed E-state index contributed by atoms with van der Waals surface area (Å²) in [6, 6.07) is 0.748. The third kappa shape index (κ3) is 2.11. The molecule has 100 valence electrons. The maximum atomic E-state index is 12.4. The summed E-state index contributed by atoms with van der Waals surface area (Å²) in [5.74, 6) is 0.296. The highest BCUT2D eigenvalue weighted by Crippen LogP contribution is 2.28. The van der Waals surface area contributed by atoms with E-state index in [2.05, 4.69) is 10.2 Å². The van der Waals surface area contributed by atoms with Gasteiger partial charge in [0.15, 0.2) is 0 Å². The minimum atomic E-state index is 0.142. The molecule has 3 fully saturated rings. The molecule has 0 aliphatic carbocycles. The number of amides is 2. The lowest BCUT2D eigenvalue weighted by Crippen LogP contribution is -2.47. The molecule has 3 aliphatic heterocycles. The van der Waals surface area contributed by atoms with E-state index >= 15 is 0 Å². The molecule has 2 atom stereocenters. The van der Waals surface area contributed by atoms with Gasteiger partial charge in [0.1, 0.15) is 0 Å². The van der Waals surface area contributed by atoms with Crippen LogP contribution in [0.5, 0.6) is 0 Å². The van der Waals surface area contributed by atoms with Gasteiger partial charge >= 0.3 is 0 Å². The number of rotatable bonds is 2. The van der Waals surface area contributed by atoms with Crippen LogP contribution >= 0.6 is 0 Å². The SMILES string of the molecule is O=C1CCCN1CC(=O)N1C2CCNCC1CC2. The molecule has 3 saturated heterocycles. The fourth-order valence-corrected chi connectivity index (χ4v) is 3.51. The van der Waals surface area contributed by atoms with Gasteiger partial charge in [0, 0.05) is 31.6 Å². The second-order valence-corrected chi connectivity index (χ2v) is 5.60. The molecule has 0 aromatic carbocycles. The second kappa shape index (κ2) is 4.88. The van der Waals surface area contributed by atoms with Crippen LogP contribution in [0, 0.1) is 0 Å². The molecular weight excluding hydrogens is 230 g/mol. The maximum absolute atomic E-state index is 12.4. The van der Waals surface area contributed by atoms with E-state index in [4.69, 9.17) is 0 Å². The summed E-state index contributed by atoms with van der Waals surface area (Å²) in [6.07, 6.45) is 4.81. The minimum absolute atomic E-state index is 0.142. The molecule has 3 aliphatic rings. The van der Waals surface area contributed by atoms with E-state index in [0.29, 0.717) is 25.0 Å².